The lowest BCUT2D eigenvalue weighted by molar-refractivity contribution is -0.122. The van der Waals surface area contributed by atoms with Gasteiger partial charge in [0.05, 0.1) is 0 Å². The summed E-state index contributed by atoms with van der Waals surface area (Å²) in [6, 6.07) is 0. The Morgan fingerprint density at radius 1 is 0.870 bits per heavy atom. The van der Waals surface area contributed by atoms with Gasteiger partial charge in [-0.2, -0.15) is 0 Å². The number of rotatable bonds is 13. The zero-order valence-corrected chi connectivity index (χ0v) is 16.1. The highest BCUT2D eigenvalue weighted by atomic mass is 32.2. The van der Waals surface area contributed by atoms with Gasteiger partial charge in [-0.3, -0.25) is 14.9 Å². The van der Waals surface area contributed by atoms with Crippen LogP contribution in [0.5, 0.6) is 0 Å². The molecule has 1 aliphatic rings. The monoisotopic (exact) mass is 341 g/mol. The first-order chi connectivity index (χ1) is 11.0. The van der Waals surface area contributed by atoms with E-state index in [2.05, 4.69) is 19.2 Å². The summed E-state index contributed by atoms with van der Waals surface area (Å²) in [6.45, 7) is 6.43. The Kier molecular flexibility index (Phi) is 9.92. The highest BCUT2D eigenvalue weighted by molar-refractivity contribution is 8.16. The van der Waals surface area contributed by atoms with Crippen molar-refractivity contribution in [3.05, 3.63) is 0 Å². The number of carbonyl (C=O) groups is 2. The van der Waals surface area contributed by atoms with Crippen LogP contribution in [0.2, 0.25) is 0 Å². The van der Waals surface area contributed by atoms with Gasteiger partial charge in [-0.25, -0.2) is 0 Å². The van der Waals surface area contributed by atoms with E-state index in [1.807, 2.05) is 6.92 Å². The molecule has 3 nitrogen and oxygen atoms in total. The molecular weight excluding hydrogens is 306 g/mol. The van der Waals surface area contributed by atoms with E-state index in [9.17, 15) is 9.59 Å². The third kappa shape index (κ3) is 6.86. The SMILES string of the molecule is CCCCCCCC(CCCCCCC)C1(C)SC(=O)NC1=O. The topological polar surface area (TPSA) is 46.2 Å². The quantitative estimate of drug-likeness (QED) is 0.414. The molecule has 0 spiro atoms. The van der Waals surface area contributed by atoms with E-state index in [0.717, 1.165) is 12.8 Å². The van der Waals surface area contributed by atoms with Crippen LogP contribution in [0.3, 0.4) is 0 Å². The molecule has 1 aliphatic heterocycles. The summed E-state index contributed by atoms with van der Waals surface area (Å²) < 4.78 is -0.549. The van der Waals surface area contributed by atoms with Crippen LogP contribution in [-0.4, -0.2) is 15.9 Å². The second kappa shape index (κ2) is 11.1. The molecule has 1 N–H and O–H groups in total. The number of carbonyl (C=O) groups excluding carboxylic acids is 2. The average Bonchev–Trinajstić information content (AvgIpc) is 2.78. The molecule has 0 aromatic rings. The largest absolute Gasteiger partial charge is 0.286 e. The summed E-state index contributed by atoms with van der Waals surface area (Å²) >= 11 is 1.22. The van der Waals surface area contributed by atoms with Crippen molar-refractivity contribution in [1.82, 2.24) is 5.32 Å². The zero-order chi connectivity index (χ0) is 17.1. The number of amides is 2. The molecule has 134 valence electrons. The Bertz CT molecular complexity index is 358. The van der Waals surface area contributed by atoms with Crippen molar-refractivity contribution >= 4 is 22.9 Å². The highest BCUT2D eigenvalue weighted by Gasteiger charge is 2.48. The lowest BCUT2D eigenvalue weighted by atomic mass is 9.83. The molecule has 1 unspecified atom stereocenters. The maximum atomic E-state index is 12.3. The van der Waals surface area contributed by atoms with E-state index in [1.54, 1.807) is 0 Å². The number of imide groups is 1. The van der Waals surface area contributed by atoms with E-state index < -0.39 is 4.75 Å². The van der Waals surface area contributed by atoms with Crippen molar-refractivity contribution < 1.29 is 9.59 Å². The summed E-state index contributed by atoms with van der Waals surface area (Å²) in [4.78, 5) is 23.9. The van der Waals surface area contributed by atoms with Crippen LogP contribution in [0.15, 0.2) is 0 Å². The molecule has 4 heteroatoms. The van der Waals surface area contributed by atoms with Crippen LogP contribution in [0.25, 0.3) is 0 Å². The first-order valence-electron chi connectivity index (χ1n) is 9.59. The second-order valence-electron chi connectivity index (χ2n) is 7.05. The van der Waals surface area contributed by atoms with Crippen LogP contribution in [0.1, 0.15) is 97.8 Å². The Morgan fingerprint density at radius 2 is 1.35 bits per heavy atom. The van der Waals surface area contributed by atoms with Gasteiger partial charge in [0.25, 0.3) is 5.24 Å². The third-order valence-electron chi connectivity index (χ3n) is 5.06. The molecule has 1 saturated heterocycles. The van der Waals surface area contributed by atoms with Crippen LogP contribution in [-0.2, 0) is 4.79 Å². The molecule has 1 fully saturated rings. The van der Waals surface area contributed by atoms with Gasteiger partial charge in [-0.15, -0.1) is 0 Å². The Hall–Kier alpha value is -0.510. The van der Waals surface area contributed by atoms with Gasteiger partial charge in [0.15, 0.2) is 0 Å². The van der Waals surface area contributed by atoms with Gasteiger partial charge in [0.1, 0.15) is 4.75 Å². The lowest BCUT2D eigenvalue weighted by Crippen LogP contribution is -2.40. The fraction of sp³-hybridized carbons (Fsp3) is 0.895. The standard InChI is InChI=1S/C19H35NO2S/c1-4-6-8-10-12-14-16(15-13-11-9-7-5-2)19(3)17(21)20-18(22)23-19/h16H,4-15H2,1-3H3,(H,20,21,22). The molecule has 0 aromatic heterocycles. The predicted molar refractivity (Wildman–Crippen MR) is 99.8 cm³/mol. The minimum atomic E-state index is -0.549. The van der Waals surface area contributed by atoms with Gasteiger partial charge in [0, 0.05) is 0 Å². The van der Waals surface area contributed by atoms with E-state index in [-0.39, 0.29) is 11.1 Å². The summed E-state index contributed by atoms with van der Waals surface area (Å²) in [5.74, 6) is 0.252. The molecule has 1 rings (SSSR count). The van der Waals surface area contributed by atoms with E-state index in [0.29, 0.717) is 5.92 Å². The van der Waals surface area contributed by atoms with Gasteiger partial charge in [-0.1, -0.05) is 78.1 Å². The van der Waals surface area contributed by atoms with Crippen molar-refractivity contribution in [2.75, 3.05) is 0 Å². The number of hydrogen-bond acceptors (Lipinski definition) is 3. The number of thioether (sulfide) groups is 1. The van der Waals surface area contributed by atoms with Crippen LogP contribution in [0.4, 0.5) is 4.79 Å². The van der Waals surface area contributed by atoms with Crippen LogP contribution < -0.4 is 5.32 Å². The average molecular weight is 342 g/mol. The fourth-order valence-corrected chi connectivity index (χ4v) is 4.51. The number of unbranched alkanes of at least 4 members (excludes halogenated alkanes) is 8. The first kappa shape index (κ1) is 20.5. The van der Waals surface area contributed by atoms with Gasteiger partial charge >= 0.3 is 0 Å². The summed E-state index contributed by atoms with van der Waals surface area (Å²) in [6.07, 6.45) is 14.7. The minimum absolute atomic E-state index is 0.0698. The third-order valence-corrected chi connectivity index (χ3v) is 6.29. The van der Waals surface area contributed by atoms with Crippen molar-refractivity contribution in [2.45, 2.75) is 103 Å². The Labute approximate surface area is 146 Å². The van der Waals surface area contributed by atoms with Gasteiger partial charge in [0.2, 0.25) is 5.91 Å². The molecule has 0 radical (unpaired) electrons. The van der Waals surface area contributed by atoms with Crippen molar-refractivity contribution in [1.29, 1.82) is 0 Å². The van der Waals surface area contributed by atoms with Crippen molar-refractivity contribution in [2.24, 2.45) is 5.92 Å². The predicted octanol–water partition coefficient (Wildman–Crippen LogP) is 6.07. The number of nitrogens with one attached hydrogen (secondary N) is 1. The van der Waals surface area contributed by atoms with Crippen molar-refractivity contribution in [3.8, 4) is 0 Å². The van der Waals surface area contributed by atoms with E-state index in [1.165, 1.54) is 76.0 Å². The molecule has 1 heterocycles. The summed E-state index contributed by atoms with van der Waals surface area (Å²) in [5.41, 5.74) is 0. The van der Waals surface area contributed by atoms with Crippen molar-refractivity contribution in [3.63, 3.8) is 0 Å². The molecule has 2 amide bonds. The zero-order valence-electron chi connectivity index (χ0n) is 15.3. The highest BCUT2D eigenvalue weighted by Crippen LogP contribution is 2.43. The minimum Gasteiger partial charge on any atom is -0.286 e. The molecular formula is C19H35NO2S. The first-order valence-corrected chi connectivity index (χ1v) is 10.4. The maximum absolute atomic E-state index is 12.3. The molecule has 0 bridgehead atoms. The van der Waals surface area contributed by atoms with E-state index >= 15 is 0 Å². The fourth-order valence-electron chi connectivity index (χ4n) is 3.43. The lowest BCUT2D eigenvalue weighted by Gasteiger charge is -2.30. The molecule has 0 aliphatic carbocycles. The molecule has 23 heavy (non-hydrogen) atoms. The normalized spacial score (nSPS) is 21.2. The van der Waals surface area contributed by atoms with Gasteiger partial charge in [-0.05, 0) is 37.4 Å². The smallest absolute Gasteiger partial charge is 0.286 e. The van der Waals surface area contributed by atoms with E-state index in [4.69, 9.17) is 0 Å². The maximum Gasteiger partial charge on any atom is 0.286 e. The molecule has 0 aromatic carbocycles. The van der Waals surface area contributed by atoms with Crippen LogP contribution in [0, 0.1) is 5.92 Å². The van der Waals surface area contributed by atoms with Crippen LogP contribution >= 0.6 is 11.8 Å². The Morgan fingerprint density at radius 3 is 1.74 bits per heavy atom. The van der Waals surface area contributed by atoms with Gasteiger partial charge < -0.3 is 0 Å². The molecule has 0 saturated carbocycles. The summed E-state index contributed by atoms with van der Waals surface area (Å²) in [7, 11) is 0. The second-order valence-corrected chi connectivity index (χ2v) is 8.48. The summed E-state index contributed by atoms with van der Waals surface area (Å²) in [5, 5.41) is 2.33. The molecule has 1 atom stereocenters. The number of hydrogen-bond donors (Lipinski definition) is 1. The Balaban J connectivity index is 2.50.